The van der Waals surface area contributed by atoms with Crippen LogP contribution in [0.4, 0.5) is 5.69 Å². The largest absolute Gasteiger partial charge is 0.484 e. The molecule has 6 rings (SSSR count). The van der Waals surface area contributed by atoms with Crippen LogP contribution in [0.2, 0.25) is 0 Å². The molecule has 2 aromatic rings. The minimum Gasteiger partial charge on any atom is -0.484 e. The molecule has 0 heterocycles. The maximum Gasteiger partial charge on any atom is 0.380 e. The molecular formula is C24H28N2O5S. The maximum atomic E-state index is 12.3. The van der Waals surface area contributed by atoms with Crippen LogP contribution in [0.5, 0.6) is 11.5 Å². The van der Waals surface area contributed by atoms with Crippen molar-refractivity contribution in [1.29, 1.82) is 0 Å². The van der Waals surface area contributed by atoms with Crippen LogP contribution in [0, 0.1) is 17.8 Å². The second-order valence-corrected chi connectivity index (χ2v) is 10.8. The van der Waals surface area contributed by atoms with E-state index < -0.39 is 10.3 Å². The van der Waals surface area contributed by atoms with Gasteiger partial charge in [0.15, 0.2) is 6.61 Å². The van der Waals surface area contributed by atoms with Crippen molar-refractivity contribution in [3.05, 3.63) is 54.1 Å². The lowest BCUT2D eigenvalue weighted by Crippen LogP contribution is -2.48. The van der Waals surface area contributed by atoms with Crippen LogP contribution in [0.15, 0.2) is 48.5 Å². The van der Waals surface area contributed by atoms with Crippen molar-refractivity contribution in [3.63, 3.8) is 0 Å². The van der Waals surface area contributed by atoms with E-state index in [1.54, 1.807) is 12.1 Å². The third-order valence-electron chi connectivity index (χ3n) is 7.21. The number of ether oxygens (including phenoxy) is 1. The lowest BCUT2D eigenvalue weighted by atomic mass is 9.48. The van der Waals surface area contributed by atoms with E-state index in [0.29, 0.717) is 16.9 Å². The van der Waals surface area contributed by atoms with Gasteiger partial charge in [-0.1, -0.05) is 18.2 Å². The molecule has 0 unspecified atom stereocenters. The average molecular weight is 457 g/mol. The topological polar surface area (TPSA) is 108 Å². The third kappa shape index (κ3) is 4.61. The number of anilines is 1. The van der Waals surface area contributed by atoms with Crippen LogP contribution in [0.1, 0.15) is 44.1 Å². The number of hydrogen-bond donors (Lipinski definition) is 2. The van der Waals surface area contributed by atoms with Gasteiger partial charge in [-0.3, -0.25) is 4.79 Å². The predicted octanol–water partition coefficient (Wildman–Crippen LogP) is 3.75. The molecule has 0 aromatic heterocycles. The highest BCUT2D eigenvalue weighted by Crippen LogP contribution is 2.60. The second kappa shape index (κ2) is 8.08. The van der Waals surface area contributed by atoms with Crippen molar-refractivity contribution in [2.45, 2.75) is 43.9 Å². The molecule has 0 atom stereocenters. The van der Waals surface area contributed by atoms with Gasteiger partial charge in [-0.2, -0.15) is 13.6 Å². The van der Waals surface area contributed by atoms with Crippen LogP contribution in [0.3, 0.4) is 0 Å². The summed E-state index contributed by atoms with van der Waals surface area (Å²) in [6, 6.07) is 14.3. The monoisotopic (exact) mass is 456 g/mol. The summed E-state index contributed by atoms with van der Waals surface area (Å²) in [5.74, 6) is 3.01. The summed E-state index contributed by atoms with van der Waals surface area (Å²) in [4.78, 5) is 12.3. The quantitative estimate of drug-likeness (QED) is 0.660. The first-order valence-electron chi connectivity index (χ1n) is 11.1. The van der Waals surface area contributed by atoms with Crippen molar-refractivity contribution in [2.24, 2.45) is 22.9 Å². The van der Waals surface area contributed by atoms with Crippen molar-refractivity contribution in [1.82, 2.24) is 0 Å². The van der Waals surface area contributed by atoms with E-state index in [1.165, 1.54) is 56.2 Å². The zero-order valence-electron chi connectivity index (χ0n) is 17.8. The van der Waals surface area contributed by atoms with Crippen molar-refractivity contribution >= 4 is 21.9 Å². The Labute approximate surface area is 188 Å². The molecule has 1 amide bonds. The summed E-state index contributed by atoms with van der Waals surface area (Å²) < 4.78 is 32.4. The number of amides is 1. The summed E-state index contributed by atoms with van der Waals surface area (Å²) in [7, 11) is -4.12. The fraction of sp³-hybridized carbons (Fsp3) is 0.458. The van der Waals surface area contributed by atoms with Crippen molar-refractivity contribution in [3.8, 4) is 11.5 Å². The van der Waals surface area contributed by atoms with Gasteiger partial charge in [-0.05, 0) is 91.5 Å². The molecule has 0 radical (unpaired) electrons. The van der Waals surface area contributed by atoms with E-state index in [-0.39, 0.29) is 18.3 Å². The normalized spacial score (nSPS) is 28.3. The Morgan fingerprint density at radius 2 is 1.59 bits per heavy atom. The third-order valence-corrected chi connectivity index (χ3v) is 7.63. The number of benzene rings is 2. The number of hydrogen-bond acceptors (Lipinski definition) is 5. The molecule has 32 heavy (non-hydrogen) atoms. The highest BCUT2D eigenvalue weighted by Gasteiger charge is 2.51. The maximum absolute atomic E-state index is 12.3. The molecule has 8 heteroatoms. The van der Waals surface area contributed by atoms with Gasteiger partial charge in [0.2, 0.25) is 0 Å². The number of carbonyl (C=O) groups excluding carboxylic acids is 1. The van der Waals surface area contributed by atoms with E-state index in [2.05, 4.69) is 21.6 Å². The minimum absolute atomic E-state index is 0.0199. The highest BCUT2D eigenvalue weighted by molar-refractivity contribution is 7.84. The van der Waals surface area contributed by atoms with Crippen LogP contribution in [0.25, 0.3) is 0 Å². The second-order valence-electron chi connectivity index (χ2n) is 9.66. The van der Waals surface area contributed by atoms with E-state index >= 15 is 0 Å². The predicted molar refractivity (Wildman–Crippen MR) is 121 cm³/mol. The molecule has 7 nitrogen and oxygen atoms in total. The summed E-state index contributed by atoms with van der Waals surface area (Å²) in [5.41, 5.74) is 2.14. The first kappa shape index (κ1) is 21.3. The molecule has 4 bridgehead atoms. The Bertz CT molecular complexity index is 1080. The minimum atomic E-state index is -4.12. The van der Waals surface area contributed by atoms with E-state index in [4.69, 9.17) is 9.88 Å². The Morgan fingerprint density at radius 1 is 0.969 bits per heavy atom. The molecule has 4 aliphatic carbocycles. The fourth-order valence-corrected chi connectivity index (χ4v) is 6.85. The van der Waals surface area contributed by atoms with Crippen molar-refractivity contribution in [2.75, 3.05) is 11.9 Å². The molecule has 0 spiro atoms. The number of carbonyl (C=O) groups is 1. The Kier molecular flexibility index (Phi) is 5.37. The van der Waals surface area contributed by atoms with Crippen LogP contribution in [-0.2, 0) is 20.5 Å². The van der Waals surface area contributed by atoms with Gasteiger partial charge in [0.1, 0.15) is 11.5 Å². The molecule has 4 aliphatic rings. The van der Waals surface area contributed by atoms with E-state index in [1.807, 2.05) is 12.1 Å². The summed E-state index contributed by atoms with van der Waals surface area (Å²) in [6.45, 7) is -0.156. The molecule has 2 aromatic carbocycles. The standard InChI is InChI=1S/C24H28N2O5S/c25-32(28,29)31-22-3-1-2-20(11-22)26-23(27)15-30-21-6-4-19(5-7-21)24-12-16-8-17(13-24)10-18(9-16)14-24/h1-7,11,16-18H,8-10,12-15H2,(H,26,27)(H2,25,28,29). The van der Waals surface area contributed by atoms with Crippen LogP contribution >= 0.6 is 0 Å². The van der Waals surface area contributed by atoms with Gasteiger partial charge in [0.05, 0.1) is 0 Å². The van der Waals surface area contributed by atoms with Gasteiger partial charge in [-0.15, -0.1) is 0 Å². The van der Waals surface area contributed by atoms with Crippen LogP contribution in [-0.4, -0.2) is 20.9 Å². The highest BCUT2D eigenvalue weighted by atomic mass is 32.2. The average Bonchev–Trinajstić information content (AvgIpc) is 2.71. The number of nitrogens with one attached hydrogen (secondary N) is 1. The lowest BCUT2D eigenvalue weighted by molar-refractivity contribution is -0.118. The molecule has 0 saturated heterocycles. The molecule has 4 fully saturated rings. The SMILES string of the molecule is NS(=O)(=O)Oc1cccc(NC(=O)COc2ccc(C34CC5CC(CC(C5)C3)C4)cc2)c1. The Hall–Kier alpha value is -2.58. The van der Waals surface area contributed by atoms with Gasteiger partial charge in [0, 0.05) is 11.8 Å². The van der Waals surface area contributed by atoms with E-state index in [9.17, 15) is 13.2 Å². The fourth-order valence-electron chi connectivity index (χ4n) is 6.47. The van der Waals surface area contributed by atoms with Crippen molar-refractivity contribution < 1.29 is 22.1 Å². The Balaban J connectivity index is 1.17. The number of nitrogens with two attached hydrogens (primary N) is 1. The number of rotatable bonds is 7. The van der Waals surface area contributed by atoms with Crippen LogP contribution < -0.4 is 19.4 Å². The molecule has 4 saturated carbocycles. The molecule has 170 valence electrons. The smallest absolute Gasteiger partial charge is 0.380 e. The summed E-state index contributed by atoms with van der Waals surface area (Å²) in [5, 5.41) is 7.53. The van der Waals surface area contributed by atoms with Gasteiger partial charge >= 0.3 is 10.3 Å². The summed E-state index contributed by atoms with van der Waals surface area (Å²) >= 11 is 0. The zero-order valence-corrected chi connectivity index (χ0v) is 18.6. The lowest BCUT2D eigenvalue weighted by Gasteiger charge is -2.57. The molecule has 3 N–H and O–H groups in total. The van der Waals surface area contributed by atoms with E-state index in [0.717, 1.165) is 17.8 Å². The first-order valence-corrected chi connectivity index (χ1v) is 12.6. The molecular weight excluding hydrogens is 428 g/mol. The van der Waals surface area contributed by atoms with Gasteiger partial charge in [-0.25, -0.2) is 0 Å². The van der Waals surface area contributed by atoms with Gasteiger partial charge < -0.3 is 14.2 Å². The summed E-state index contributed by atoms with van der Waals surface area (Å²) in [6.07, 6.45) is 8.22. The molecule has 0 aliphatic heterocycles. The van der Waals surface area contributed by atoms with Gasteiger partial charge in [0.25, 0.3) is 5.91 Å². The Morgan fingerprint density at radius 3 is 2.19 bits per heavy atom. The zero-order chi connectivity index (χ0) is 22.3. The first-order chi connectivity index (χ1) is 15.3.